The second-order valence-corrected chi connectivity index (χ2v) is 4.49. The summed E-state index contributed by atoms with van der Waals surface area (Å²) in [5, 5.41) is 7.52. The highest BCUT2D eigenvalue weighted by atomic mass is 19.4. The number of carbonyl (C=O) groups excluding carboxylic acids is 1. The van der Waals surface area contributed by atoms with Crippen molar-refractivity contribution in [3.05, 3.63) is 46.8 Å². The Morgan fingerprint density at radius 1 is 1.20 bits per heavy atom. The van der Waals surface area contributed by atoms with Gasteiger partial charge in [0.15, 0.2) is 5.69 Å². The minimum Gasteiger partial charge on any atom is -0.322 e. The van der Waals surface area contributed by atoms with Crippen molar-refractivity contribution in [1.29, 1.82) is 0 Å². The fourth-order valence-electron chi connectivity index (χ4n) is 1.92. The fourth-order valence-corrected chi connectivity index (χ4v) is 1.92. The third kappa shape index (κ3) is 2.98. The fraction of sp³-hybridized carbons (Fsp3) is 0.231. The normalized spacial score (nSPS) is 11.4. The van der Waals surface area contributed by atoms with Crippen LogP contribution in [0.3, 0.4) is 0 Å². The van der Waals surface area contributed by atoms with Crippen LogP contribution in [0.4, 0.5) is 18.9 Å². The molecule has 106 valence electrons. The van der Waals surface area contributed by atoms with Crippen molar-refractivity contribution in [3.63, 3.8) is 0 Å². The summed E-state index contributed by atoms with van der Waals surface area (Å²) in [5.41, 5.74) is 0.574. The van der Waals surface area contributed by atoms with Gasteiger partial charge in [0, 0.05) is 5.69 Å². The molecule has 0 aliphatic rings. The number of aromatic amines is 1. The van der Waals surface area contributed by atoms with Crippen molar-refractivity contribution in [2.45, 2.75) is 20.0 Å². The first-order chi connectivity index (χ1) is 9.27. The third-order valence-electron chi connectivity index (χ3n) is 2.65. The number of benzene rings is 1. The number of carbonyl (C=O) groups is 1. The number of anilines is 1. The molecule has 1 aromatic carbocycles. The molecule has 2 rings (SSSR count). The van der Waals surface area contributed by atoms with Crippen LogP contribution in [0.15, 0.2) is 24.4 Å². The summed E-state index contributed by atoms with van der Waals surface area (Å²) < 4.78 is 38.0. The summed E-state index contributed by atoms with van der Waals surface area (Å²) in [4.78, 5) is 11.9. The number of nitrogens with zero attached hydrogens (tertiary/aromatic N) is 1. The number of alkyl halides is 3. The van der Waals surface area contributed by atoms with Crippen LogP contribution < -0.4 is 5.32 Å². The number of H-pyrrole nitrogens is 1. The average molecular weight is 283 g/mol. The topological polar surface area (TPSA) is 57.8 Å². The van der Waals surface area contributed by atoms with E-state index in [2.05, 4.69) is 10.4 Å². The van der Waals surface area contributed by atoms with Crippen molar-refractivity contribution in [1.82, 2.24) is 10.2 Å². The monoisotopic (exact) mass is 283 g/mol. The number of amides is 1. The van der Waals surface area contributed by atoms with E-state index in [9.17, 15) is 18.0 Å². The van der Waals surface area contributed by atoms with E-state index in [1.54, 1.807) is 17.2 Å². The summed E-state index contributed by atoms with van der Waals surface area (Å²) in [5.74, 6) is -0.851. The number of rotatable bonds is 2. The molecule has 1 aromatic heterocycles. The van der Waals surface area contributed by atoms with Gasteiger partial charge in [-0.15, -0.1) is 0 Å². The number of hydrogen-bond donors (Lipinski definition) is 2. The molecule has 2 aromatic rings. The van der Waals surface area contributed by atoms with Crippen molar-refractivity contribution in [2.75, 3.05) is 5.32 Å². The van der Waals surface area contributed by atoms with E-state index in [1.165, 1.54) is 0 Å². The molecule has 0 bridgehead atoms. The van der Waals surface area contributed by atoms with Crippen LogP contribution in [0.2, 0.25) is 0 Å². The lowest BCUT2D eigenvalue weighted by atomic mass is 10.1. The van der Waals surface area contributed by atoms with Gasteiger partial charge >= 0.3 is 6.18 Å². The molecule has 0 atom stereocenters. The largest absolute Gasteiger partial charge is 0.433 e. The molecular weight excluding hydrogens is 271 g/mol. The zero-order valence-corrected chi connectivity index (χ0v) is 10.8. The van der Waals surface area contributed by atoms with E-state index in [0.29, 0.717) is 5.69 Å². The van der Waals surface area contributed by atoms with Crippen LogP contribution in [0, 0.1) is 13.8 Å². The smallest absolute Gasteiger partial charge is 0.322 e. The summed E-state index contributed by atoms with van der Waals surface area (Å²) in [6.07, 6.45) is -3.79. The van der Waals surface area contributed by atoms with Gasteiger partial charge in [-0.1, -0.05) is 6.07 Å². The number of halogens is 3. The summed E-state index contributed by atoms with van der Waals surface area (Å²) in [7, 11) is 0. The van der Waals surface area contributed by atoms with E-state index in [1.807, 2.05) is 19.9 Å². The van der Waals surface area contributed by atoms with Gasteiger partial charge in [0.25, 0.3) is 5.91 Å². The number of aryl methyl sites for hydroxylation is 2. The van der Waals surface area contributed by atoms with E-state index < -0.39 is 23.3 Å². The van der Waals surface area contributed by atoms with Gasteiger partial charge in [-0.3, -0.25) is 9.89 Å². The molecule has 0 aliphatic carbocycles. The molecule has 0 saturated heterocycles. The first-order valence-electron chi connectivity index (χ1n) is 5.77. The molecule has 1 heterocycles. The quantitative estimate of drug-likeness (QED) is 0.888. The van der Waals surface area contributed by atoms with Gasteiger partial charge < -0.3 is 5.32 Å². The Kier molecular flexibility index (Phi) is 3.52. The minimum absolute atomic E-state index is 0.446. The van der Waals surface area contributed by atoms with Gasteiger partial charge in [0.05, 0.1) is 11.8 Å². The molecule has 0 unspecified atom stereocenters. The zero-order valence-electron chi connectivity index (χ0n) is 10.8. The van der Waals surface area contributed by atoms with E-state index in [-0.39, 0.29) is 0 Å². The molecule has 1 amide bonds. The van der Waals surface area contributed by atoms with Crippen molar-refractivity contribution >= 4 is 11.6 Å². The van der Waals surface area contributed by atoms with Gasteiger partial charge in [0.2, 0.25) is 0 Å². The molecule has 0 fully saturated rings. The van der Waals surface area contributed by atoms with Crippen molar-refractivity contribution < 1.29 is 18.0 Å². The van der Waals surface area contributed by atoms with E-state index in [0.717, 1.165) is 17.3 Å². The maximum absolute atomic E-state index is 12.7. The third-order valence-corrected chi connectivity index (χ3v) is 2.65. The number of aromatic nitrogens is 2. The predicted octanol–water partition coefficient (Wildman–Crippen LogP) is 3.30. The minimum atomic E-state index is -4.65. The van der Waals surface area contributed by atoms with Crippen molar-refractivity contribution in [2.24, 2.45) is 0 Å². The highest BCUT2D eigenvalue weighted by molar-refractivity contribution is 6.05. The molecule has 0 aliphatic heterocycles. The SMILES string of the molecule is Cc1cc(C)cc(NC(=O)c2cn[nH]c2C(F)(F)F)c1. The lowest BCUT2D eigenvalue weighted by Gasteiger charge is -2.09. The molecule has 2 N–H and O–H groups in total. The maximum Gasteiger partial charge on any atom is 0.433 e. The Morgan fingerprint density at radius 2 is 1.80 bits per heavy atom. The Hall–Kier alpha value is -2.31. The molecule has 0 spiro atoms. The van der Waals surface area contributed by atoms with E-state index in [4.69, 9.17) is 0 Å². The summed E-state index contributed by atoms with van der Waals surface area (Å²) in [6.45, 7) is 3.67. The standard InChI is InChI=1S/C13H12F3N3O/c1-7-3-8(2)5-9(4-7)18-12(20)10-6-17-19-11(10)13(14,15)16/h3-6H,1-2H3,(H,17,19)(H,18,20). The second kappa shape index (κ2) is 4.99. The van der Waals surface area contributed by atoms with Gasteiger partial charge in [-0.05, 0) is 37.1 Å². The Morgan fingerprint density at radius 3 is 2.35 bits per heavy atom. The Balaban J connectivity index is 2.27. The van der Waals surface area contributed by atoms with Crippen LogP contribution in [-0.4, -0.2) is 16.1 Å². The van der Waals surface area contributed by atoms with Gasteiger partial charge in [-0.25, -0.2) is 0 Å². The molecule has 0 saturated carbocycles. The van der Waals surface area contributed by atoms with Gasteiger partial charge in [0.1, 0.15) is 0 Å². The molecule has 4 nitrogen and oxygen atoms in total. The highest BCUT2D eigenvalue weighted by Gasteiger charge is 2.37. The zero-order chi connectivity index (χ0) is 14.9. The van der Waals surface area contributed by atoms with Gasteiger partial charge in [-0.2, -0.15) is 18.3 Å². The Bertz CT molecular complexity index is 626. The van der Waals surface area contributed by atoms with Crippen LogP contribution in [0.25, 0.3) is 0 Å². The molecule has 7 heteroatoms. The average Bonchev–Trinajstić information content (AvgIpc) is 2.75. The lowest BCUT2D eigenvalue weighted by Crippen LogP contribution is -2.17. The predicted molar refractivity (Wildman–Crippen MR) is 67.5 cm³/mol. The van der Waals surface area contributed by atoms with Crippen LogP contribution in [-0.2, 0) is 6.18 Å². The number of nitrogens with one attached hydrogen (secondary N) is 2. The lowest BCUT2D eigenvalue weighted by molar-refractivity contribution is -0.141. The molecule has 0 radical (unpaired) electrons. The highest BCUT2D eigenvalue weighted by Crippen LogP contribution is 2.30. The summed E-state index contributed by atoms with van der Waals surface area (Å²) >= 11 is 0. The van der Waals surface area contributed by atoms with Crippen LogP contribution in [0.5, 0.6) is 0 Å². The van der Waals surface area contributed by atoms with Crippen LogP contribution in [0.1, 0.15) is 27.2 Å². The maximum atomic E-state index is 12.7. The first-order valence-corrected chi connectivity index (χ1v) is 5.77. The second-order valence-electron chi connectivity index (χ2n) is 4.49. The first kappa shape index (κ1) is 14.1. The molecular formula is C13H12F3N3O. The number of hydrogen-bond acceptors (Lipinski definition) is 2. The molecule has 20 heavy (non-hydrogen) atoms. The summed E-state index contributed by atoms with van der Waals surface area (Å²) in [6, 6.07) is 5.26. The van der Waals surface area contributed by atoms with Crippen LogP contribution >= 0.6 is 0 Å². The van der Waals surface area contributed by atoms with Crippen molar-refractivity contribution in [3.8, 4) is 0 Å². The van der Waals surface area contributed by atoms with E-state index >= 15 is 0 Å². The Labute approximate surface area is 113 Å².